The molecule has 0 saturated carbocycles. The fraction of sp³-hybridized carbons (Fsp3) is 0.0769. The van der Waals surface area contributed by atoms with Crippen LogP contribution in [0, 0.1) is 11.6 Å². The second-order valence-electron chi connectivity index (χ2n) is 3.83. The Hall–Kier alpha value is -2.70. The maximum absolute atomic E-state index is 13.3. The van der Waals surface area contributed by atoms with Gasteiger partial charge in [-0.15, -0.1) is 0 Å². The van der Waals surface area contributed by atoms with Gasteiger partial charge in [-0.25, -0.2) is 13.6 Å². The lowest BCUT2D eigenvalue weighted by Crippen LogP contribution is -2.21. The molecule has 0 aliphatic carbocycles. The Morgan fingerprint density at radius 2 is 2.05 bits per heavy atom. The third-order valence-electron chi connectivity index (χ3n) is 2.36. The molecule has 2 aromatic rings. The third kappa shape index (κ3) is 3.41. The van der Waals surface area contributed by atoms with E-state index in [9.17, 15) is 18.4 Å². The highest BCUT2D eigenvalue weighted by Crippen LogP contribution is 2.14. The van der Waals surface area contributed by atoms with E-state index in [1.807, 2.05) is 0 Å². The number of carbonyl (C=O) groups excluding carboxylic acids is 2. The molecule has 1 aromatic heterocycles. The Kier molecular flexibility index (Phi) is 4.09. The molecule has 0 radical (unpaired) electrons. The van der Waals surface area contributed by atoms with E-state index in [0.29, 0.717) is 6.07 Å². The second kappa shape index (κ2) is 5.96. The van der Waals surface area contributed by atoms with E-state index in [0.717, 1.165) is 12.1 Å². The number of ether oxygens (including phenoxy) is 1. The summed E-state index contributed by atoms with van der Waals surface area (Å²) in [6.45, 7) is -0.575. The van der Waals surface area contributed by atoms with Gasteiger partial charge < -0.3 is 15.0 Å². The summed E-state index contributed by atoms with van der Waals surface area (Å²) in [4.78, 5) is 25.5. The smallest absolute Gasteiger partial charge is 0.355 e. The summed E-state index contributed by atoms with van der Waals surface area (Å²) in [6.07, 6.45) is 1.53. The molecule has 0 saturated heterocycles. The van der Waals surface area contributed by atoms with Gasteiger partial charge in [0.15, 0.2) is 6.61 Å². The number of hydrogen-bond donors (Lipinski definition) is 2. The Morgan fingerprint density at radius 3 is 2.70 bits per heavy atom. The Balaban J connectivity index is 1.88. The minimum atomic E-state index is -0.908. The molecule has 2 N–H and O–H groups in total. The molecule has 7 heteroatoms. The first-order chi connectivity index (χ1) is 9.56. The average molecular weight is 280 g/mol. The van der Waals surface area contributed by atoms with E-state index in [2.05, 4.69) is 10.3 Å². The number of benzene rings is 1. The van der Waals surface area contributed by atoms with Gasteiger partial charge in [0.25, 0.3) is 5.91 Å². The molecule has 5 nitrogen and oxygen atoms in total. The molecule has 104 valence electrons. The first-order valence-electron chi connectivity index (χ1n) is 5.61. The molecule has 0 spiro atoms. The van der Waals surface area contributed by atoms with Gasteiger partial charge in [0.05, 0.1) is 5.69 Å². The van der Waals surface area contributed by atoms with Crippen LogP contribution in [-0.4, -0.2) is 23.5 Å². The van der Waals surface area contributed by atoms with E-state index in [1.165, 1.54) is 12.3 Å². The zero-order chi connectivity index (χ0) is 14.5. The van der Waals surface area contributed by atoms with Crippen molar-refractivity contribution in [3.05, 3.63) is 53.9 Å². The maximum atomic E-state index is 13.3. The summed E-state index contributed by atoms with van der Waals surface area (Å²) in [7, 11) is 0. The van der Waals surface area contributed by atoms with Gasteiger partial charge in [-0.3, -0.25) is 4.79 Å². The number of halogens is 2. The van der Waals surface area contributed by atoms with Crippen molar-refractivity contribution in [1.82, 2.24) is 4.98 Å². The molecule has 2 rings (SSSR count). The number of anilines is 1. The van der Waals surface area contributed by atoms with E-state index >= 15 is 0 Å². The molecule has 0 atom stereocenters. The second-order valence-corrected chi connectivity index (χ2v) is 3.83. The molecule has 0 bridgehead atoms. The molecule has 1 heterocycles. The van der Waals surface area contributed by atoms with Crippen molar-refractivity contribution < 1.29 is 23.1 Å². The number of rotatable bonds is 4. The maximum Gasteiger partial charge on any atom is 0.355 e. The third-order valence-corrected chi connectivity index (χ3v) is 2.36. The number of carbonyl (C=O) groups is 2. The number of nitrogens with one attached hydrogen (secondary N) is 2. The monoisotopic (exact) mass is 280 g/mol. The SMILES string of the molecule is O=C(COC(=O)c1ccc[nH]1)Nc1ccc(F)cc1F. The molecule has 0 fully saturated rings. The summed E-state index contributed by atoms with van der Waals surface area (Å²) < 4.78 is 30.6. The zero-order valence-corrected chi connectivity index (χ0v) is 10.2. The molecular formula is C13H10F2N2O3. The molecule has 1 amide bonds. The molecule has 0 aliphatic rings. The Labute approximate surface area is 112 Å². The van der Waals surface area contributed by atoms with Gasteiger partial charge in [0.2, 0.25) is 0 Å². The molecule has 0 unspecified atom stereocenters. The topological polar surface area (TPSA) is 71.2 Å². The van der Waals surface area contributed by atoms with Crippen LogP contribution in [-0.2, 0) is 9.53 Å². The zero-order valence-electron chi connectivity index (χ0n) is 10.2. The Morgan fingerprint density at radius 1 is 1.25 bits per heavy atom. The van der Waals surface area contributed by atoms with Gasteiger partial charge in [0.1, 0.15) is 17.3 Å². The van der Waals surface area contributed by atoms with E-state index in [1.54, 1.807) is 6.07 Å². The summed E-state index contributed by atoms with van der Waals surface area (Å²) >= 11 is 0. The summed E-state index contributed by atoms with van der Waals surface area (Å²) in [6, 6.07) is 5.81. The van der Waals surface area contributed by atoms with Gasteiger partial charge in [-0.2, -0.15) is 0 Å². The quantitative estimate of drug-likeness (QED) is 0.842. The minimum Gasteiger partial charge on any atom is -0.451 e. The van der Waals surface area contributed by atoms with E-state index in [-0.39, 0.29) is 11.4 Å². The van der Waals surface area contributed by atoms with E-state index in [4.69, 9.17) is 4.74 Å². The summed E-state index contributed by atoms with van der Waals surface area (Å²) in [5, 5.41) is 2.17. The van der Waals surface area contributed by atoms with Crippen LogP contribution in [0.3, 0.4) is 0 Å². The lowest BCUT2D eigenvalue weighted by Gasteiger charge is -2.07. The minimum absolute atomic E-state index is 0.188. The van der Waals surface area contributed by atoms with Crippen molar-refractivity contribution >= 4 is 17.6 Å². The van der Waals surface area contributed by atoms with Crippen molar-refractivity contribution in [1.29, 1.82) is 0 Å². The van der Waals surface area contributed by atoms with Gasteiger partial charge in [-0.05, 0) is 24.3 Å². The normalized spacial score (nSPS) is 10.1. The lowest BCUT2D eigenvalue weighted by molar-refractivity contribution is -0.119. The highest BCUT2D eigenvalue weighted by Gasteiger charge is 2.12. The number of esters is 1. The van der Waals surface area contributed by atoms with Crippen LogP contribution in [0.15, 0.2) is 36.5 Å². The van der Waals surface area contributed by atoms with Crippen LogP contribution in [0.1, 0.15) is 10.5 Å². The van der Waals surface area contributed by atoms with Gasteiger partial charge in [-0.1, -0.05) is 0 Å². The average Bonchev–Trinajstić information content (AvgIpc) is 2.93. The molecular weight excluding hydrogens is 270 g/mol. The summed E-state index contributed by atoms with van der Waals surface area (Å²) in [5.74, 6) is -3.09. The first-order valence-corrected chi connectivity index (χ1v) is 5.61. The predicted molar refractivity (Wildman–Crippen MR) is 66.1 cm³/mol. The van der Waals surface area contributed by atoms with Crippen LogP contribution in [0.2, 0.25) is 0 Å². The fourth-order valence-corrected chi connectivity index (χ4v) is 1.44. The lowest BCUT2D eigenvalue weighted by atomic mass is 10.3. The first kappa shape index (κ1) is 13.7. The number of H-pyrrole nitrogens is 1. The van der Waals surface area contributed by atoms with Crippen LogP contribution >= 0.6 is 0 Å². The number of hydrogen-bond acceptors (Lipinski definition) is 3. The Bertz CT molecular complexity index is 627. The van der Waals surface area contributed by atoms with Gasteiger partial charge in [0, 0.05) is 12.3 Å². The van der Waals surface area contributed by atoms with Crippen molar-refractivity contribution in [3.8, 4) is 0 Å². The highest BCUT2D eigenvalue weighted by molar-refractivity contribution is 5.94. The molecule has 0 aliphatic heterocycles. The van der Waals surface area contributed by atoms with Gasteiger partial charge >= 0.3 is 5.97 Å². The molecule has 1 aromatic carbocycles. The summed E-state index contributed by atoms with van der Waals surface area (Å²) in [5.41, 5.74) is 0.0121. The number of aromatic nitrogens is 1. The van der Waals surface area contributed by atoms with Crippen LogP contribution in [0.5, 0.6) is 0 Å². The van der Waals surface area contributed by atoms with Crippen molar-refractivity contribution in [2.24, 2.45) is 0 Å². The van der Waals surface area contributed by atoms with E-state index < -0.39 is 30.1 Å². The van der Waals surface area contributed by atoms with Crippen molar-refractivity contribution in [2.45, 2.75) is 0 Å². The van der Waals surface area contributed by atoms with Crippen LogP contribution in [0.4, 0.5) is 14.5 Å². The standard InChI is InChI=1S/C13H10F2N2O3/c14-8-3-4-10(9(15)6-8)17-12(18)7-20-13(19)11-2-1-5-16-11/h1-6,16H,7H2,(H,17,18). The van der Waals surface area contributed by atoms with Crippen LogP contribution in [0.25, 0.3) is 0 Å². The van der Waals surface area contributed by atoms with Crippen LogP contribution < -0.4 is 5.32 Å². The van der Waals surface area contributed by atoms with Crippen molar-refractivity contribution in [3.63, 3.8) is 0 Å². The largest absolute Gasteiger partial charge is 0.451 e. The highest BCUT2D eigenvalue weighted by atomic mass is 19.1. The molecule has 20 heavy (non-hydrogen) atoms. The number of aromatic amines is 1. The fourth-order valence-electron chi connectivity index (χ4n) is 1.44. The predicted octanol–water partition coefficient (Wildman–Crippen LogP) is 2.09. The number of amides is 1. The van der Waals surface area contributed by atoms with Crippen molar-refractivity contribution in [2.75, 3.05) is 11.9 Å².